The Morgan fingerprint density at radius 2 is 1.88 bits per heavy atom. The van der Waals surface area contributed by atoms with Crippen molar-refractivity contribution in [1.29, 1.82) is 0 Å². The summed E-state index contributed by atoms with van der Waals surface area (Å²) in [6.45, 7) is 7.73. The maximum atomic E-state index is 13.0. The third kappa shape index (κ3) is 5.00. The molecule has 0 aliphatic carbocycles. The van der Waals surface area contributed by atoms with Crippen LogP contribution in [0.5, 0.6) is 0 Å². The van der Waals surface area contributed by atoms with Gasteiger partial charge in [0.1, 0.15) is 16.2 Å². The van der Waals surface area contributed by atoms with Gasteiger partial charge in [-0.15, -0.1) is 0 Å². The molecule has 1 N–H and O–H groups in total. The molecular formula is C21H23Cl2N5O3S. The van der Waals surface area contributed by atoms with Gasteiger partial charge < -0.3 is 5.32 Å². The van der Waals surface area contributed by atoms with Crippen molar-refractivity contribution in [1.82, 2.24) is 19.1 Å². The van der Waals surface area contributed by atoms with Crippen LogP contribution in [0, 0.1) is 12.8 Å². The van der Waals surface area contributed by atoms with Gasteiger partial charge in [0.15, 0.2) is 5.65 Å². The highest BCUT2D eigenvalue weighted by Crippen LogP contribution is 2.29. The second-order valence-electron chi connectivity index (χ2n) is 7.80. The predicted molar refractivity (Wildman–Crippen MR) is 129 cm³/mol. The Hall–Kier alpha value is -2.36. The Labute approximate surface area is 199 Å². The van der Waals surface area contributed by atoms with E-state index in [4.69, 9.17) is 23.2 Å². The molecular weight excluding hydrogens is 473 g/mol. The molecule has 0 aliphatic heterocycles. The predicted octanol–water partition coefficient (Wildman–Crippen LogP) is 3.88. The number of rotatable bonds is 6. The van der Waals surface area contributed by atoms with Crippen LogP contribution in [0.4, 0.5) is 5.69 Å². The summed E-state index contributed by atoms with van der Waals surface area (Å²) in [4.78, 5) is 47.3. The smallest absolute Gasteiger partial charge is 0.324 e. The fraction of sp³-hybridized carbons (Fsp3) is 0.381. The van der Waals surface area contributed by atoms with E-state index in [1.54, 1.807) is 26.0 Å². The monoisotopic (exact) mass is 495 g/mol. The molecule has 1 unspecified atom stereocenters. The van der Waals surface area contributed by atoms with Crippen LogP contribution in [0.3, 0.4) is 0 Å². The molecule has 0 spiro atoms. The highest BCUT2D eigenvalue weighted by atomic mass is 35.5. The lowest BCUT2D eigenvalue weighted by molar-refractivity contribution is -0.115. The van der Waals surface area contributed by atoms with Gasteiger partial charge in [-0.2, -0.15) is 0 Å². The Balaban J connectivity index is 2.03. The average Bonchev–Trinajstić information content (AvgIpc) is 2.70. The molecule has 32 heavy (non-hydrogen) atoms. The summed E-state index contributed by atoms with van der Waals surface area (Å²) in [5.41, 5.74) is -0.233. The number of nitrogens with one attached hydrogen (secondary N) is 1. The number of benzene rings is 1. The van der Waals surface area contributed by atoms with Crippen LogP contribution in [0.2, 0.25) is 10.0 Å². The summed E-state index contributed by atoms with van der Waals surface area (Å²) in [6, 6.07) is 4.78. The number of hydrogen-bond acceptors (Lipinski definition) is 6. The Morgan fingerprint density at radius 3 is 2.50 bits per heavy atom. The van der Waals surface area contributed by atoms with Crippen molar-refractivity contribution < 1.29 is 4.79 Å². The molecule has 8 nitrogen and oxygen atoms in total. The highest BCUT2D eigenvalue weighted by Gasteiger charge is 2.23. The first-order valence-corrected chi connectivity index (χ1v) is 11.5. The summed E-state index contributed by atoms with van der Waals surface area (Å²) >= 11 is 13.2. The van der Waals surface area contributed by atoms with Crippen molar-refractivity contribution in [3.05, 3.63) is 54.9 Å². The molecule has 0 bridgehead atoms. The lowest BCUT2D eigenvalue weighted by atomic mass is 10.2. The van der Waals surface area contributed by atoms with Gasteiger partial charge >= 0.3 is 5.69 Å². The molecule has 0 radical (unpaired) electrons. The summed E-state index contributed by atoms with van der Waals surface area (Å²) < 4.78 is 2.53. The standard InChI is InChI=1S/C21H23Cl2N5O3S/c1-10(2)9-28-17-16(20(30)27(5)21(28)31)19(25-12(4)24-17)32-11(3)18(29)26-15-7-6-13(22)8-14(15)23/h6-8,10-11H,9H2,1-5H3,(H,26,29). The van der Waals surface area contributed by atoms with E-state index in [0.29, 0.717) is 33.1 Å². The number of anilines is 1. The molecule has 170 valence electrons. The number of aromatic nitrogens is 4. The van der Waals surface area contributed by atoms with Gasteiger partial charge in [0.05, 0.1) is 16.0 Å². The number of carbonyl (C=O) groups excluding carboxylic acids is 1. The van der Waals surface area contributed by atoms with Crippen LogP contribution in [-0.4, -0.2) is 30.3 Å². The summed E-state index contributed by atoms with van der Waals surface area (Å²) in [6.07, 6.45) is 0. The number of halogens is 2. The topological polar surface area (TPSA) is 98.9 Å². The zero-order valence-electron chi connectivity index (χ0n) is 18.3. The quantitative estimate of drug-likeness (QED) is 0.411. The van der Waals surface area contributed by atoms with Crippen LogP contribution in [0.15, 0.2) is 32.8 Å². The molecule has 1 aromatic carbocycles. The van der Waals surface area contributed by atoms with Crippen LogP contribution >= 0.6 is 35.0 Å². The number of fused-ring (bicyclic) bond motifs is 1. The summed E-state index contributed by atoms with van der Waals surface area (Å²) in [5.74, 6) is 0.239. The van der Waals surface area contributed by atoms with Gasteiger partial charge in [-0.3, -0.25) is 18.7 Å². The first-order chi connectivity index (χ1) is 15.0. The van der Waals surface area contributed by atoms with Gasteiger partial charge in [-0.1, -0.05) is 48.8 Å². The zero-order chi connectivity index (χ0) is 23.7. The van der Waals surface area contributed by atoms with Crippen LogP contribution < -0.4 is 16.6 Å². The van der Waals surface area contributed by atoms with E-state index in [9.17, 15) is 14.4 Å². The molecule has 2 heterocycles. The maximum absolute atomic E-state index is 13.0. The Morgan fingerprint density at radius 1 is 1.19 bits per heavy atom. The number of aryl methyl sites for hydroxylation is 1. The van der Waals surface area contributed by atoms with Crippen LogP contribution in [0.25, 0.3) is 11.0 Å². The molecule has 1 atom stereocenters. The zero-order valence-corrected chi connectivity index (χ0v) is 20.6. The van der Waals surface area contributed by atoms with Crippen molar-refractivity contribution in [2.24, 2.45) is 13.0 Å². The largest absolute Gasteiger partial charge is 0.332 e. The first kappa shape index (κ1) is 24.3. The SMILES string of the molecule is Cc1nc(SC(C)C(=O)Nc2ccc(Cl)cc2Cl)c2c(=O)n(C)c(=O)n(CC(C)C)c2n1. The molecule has 0 fully saturated rings. The van der Waals surface area contributed by atoms with Gasteiger partial charge in [-0.05, 0) is 38.0 Å². The van der Waals surface area contributed by atoms with E-state index in [1.807, 2.05) is 13.8 Å². The lowest BCUT2D eigenvalue weighted by Gasteiger charge is -2.17. The minimum Gasteiger partial charge on any atom is -0.324 e. The van der Waals surface area contributed by atoms with E-state index < -0.39 is 16.5 Å². The molecule has 1 amide bonds. The summed E-state index contributed by atoms with van der Waals surface area (Å²) in [5, 5.41) is 3.48. The minimum atomic E-state index is -0.616. The van der Waals surface area contributed by atoms with Crippen molar-refractivity contribution in [3.63, 3.8) is 0 Å². The number of amides is 1. The molecule has 3 rings (SSSR count). The van der Waals surface area contributed by atoms with Crippen molar-refractivity contribution in [2.75, 3.05) is 5.32 Å². The van der Waals surface area contributed by atoms with E-state index in [1.165, 1.54) is 17.7 Å². The van der Waals surface area contributed by atoms with E-state index >= 15 is 0 Å². The molecule has 0 aliphatic rings. The van der Waals surface area contributed by atoms with Crippen LogP contribution in [0.1, 0.15) is 26.6 Å². The fourth-order valence-electron chi connectivity index (χ4n) is 3.10. The van der Waals surface area contributed by atoms with Crippen molar-refractivity contribution in [2.45, 2.75) is 44.5 Å². The average molecular weight is 496 g/mol. The van der Waals surface area contributed by atoms with Crippen molar-refractivity contribution >= 4 is 57.6 Å². The first-order valence-electron chi connectivity index (χ1n) is 9.90. The number of thioether (sulfide) groups is 1. The molecule has 0 saturated heterocycles. The van der Waals surface area contributed by atoms with E-state index in [2.05, 4.69) is 15.3 Å². The second-order valence-corrected chi connectivity index (χ2v) is 9.97. The fourth-order valence-corrected chi connectivity index (χ4v) is 4.54. The number of hydrogen-bond donors (Lipinski definition) is 1. The minimum absolute atomic E-state index is 0.161. The van der Waals surface area contributed by atoms with E-state index in [0.717, 1.165) is 16.3 Å². The highest BCUT2D eigenvalue weighted by molar-refractivity contribution is 8.00. The molecule has 2 aromatic heterocycles. The van der Waals surface area contributed by atoms with Crippen LogP contribution in [-0.2, 0) is 18.4 Å². The van der Waals surface area contributed by atoms with Crippen molar-refractivity contribution in [3.8, 4) is 0 Å². The van der Waals surface area contributed by atoms with Gasteiger partial charge in [-0.25, -0.2) is 14.8 Å². The van der Waals surface area contributed by atoms with Gasteiger partial charge in [0.2, 0.25) is 5.91 Å². The Bertz CT molecular complexity index is 1320. The molecule has 3 aromatic rings. The number of nitrogens with zero attached hydrogens (tertiary/aromatic N) is 4. The van der Waals surface area contributed by atoms with Gasteiger partial charge in [0.25, 0.3) is 5.56 Å². The van der Waals surface area contributed by atoms with E-state index in [-0.39, 0.29) is 22.9 Å². The van der Waals surface area contributed by atoms with Gasteiger partial charge in [0, 0.05) is 18.6 Å². The molecule has 11 heteroatoms. The molecule has 0 saturated carbocycles. The summed E-state index contributed by atoms with van der Waals surface area (Å²) in [7, 11) is 1.42. The third-order valence-electron chi connectivity index (χ3n) is 4.65. The number of carbonyl (C=O) groups is 1. The lowest BCUT2D eigenvalue weighted by Crippen LogP contribution is -2.39. The maximum Gasteiger partial charge on any atom is 0.332 e. The second kappa shape index (κ2) is 9.64. The normalized spacial score (nSPS) is 12.4. The Kier molecular flexibility index (Phi) is 7.32. The third-order valence-corrected chi connectivity index (χ3v) is 6.29.